The van der Waals surface area contributed by atoms with Crippen molar-refractivity contribution in [2.45, 2.75) is 13.8 Å². The highest BCUT2D eigenvalue weighted by molar-refractivity contribution is 6.28. The lowest BCUT2D eigenvalue weighted by Crippen LogP contribution is -1.81. The first-order valence-electron chi connectivity index (χ1n) is 3.66. The molecule has 0 amide bonds. The van der Waals surface area contributed by atoms with E-state index in [4.69, 9.17) is 11.6 Å². The minimum Gasteiger partial charge on any atom is -0.343 e. The Balaban J connectivity index is 2.87. The largest absolute Gasteiger partial charge is 0.343 e. The molecule has 0 aliphatic heterocycles. The third-order valence-corrected chi connectivity index (χ3v) is 2.21. The van der Waals surface area contributed by atoms with E-state index in [1.165, 1.54) is 5.56 Å². The number of nitrogens with zero attached hydrogens (tertiary/aromatic N) is 2. The summed E-state index contributed by atoms with van der Waals surface area (Å²) in [5.74, 6) is 0. The van der Waals surface area contributed by atoms with Gasteiger partial charge in [0.15, 0.2) is 0 Å². The zero-order chi connectivity index (χ0) is 8.72. The van der Waals surface area contributed by atoms with Crippen molar-refractivity contribution in [1.82, 2.24) is 15.0 Å². The summed E-state index contributed by atoms with van der Waals surface area (Å²) in [4.78, 5) is 11.1. The molecule has 4 heteroatoms. The Morgan fingerprint density at radius 2 is 2.17 bits per heavy atom. The van der Waals surface area contributed by atoms with Crippen LogP contribution in [-0.4, -0.2) is 15.0 Å². The quantitative estimate of drug-likeness (QED) is 0.634. The van der Waals surface area contributed by atoms with Crippen molar-refractivity contribution in [3.05, 3.63) is 22.7 Å². The number of hydrogen-bond acceptors (Lipinski definition) is 2. The fourth-order valence-electron chi connectivity index (χ4n) is 1.20. The van der Waals surface area contributed by atoms with E-state index >= 15 is 0 Å². The second-order valence-electron chi connectivity index (χ2n) is 2.78. The van der Waals surface area contributed by atoms with Crippen LogP contribution in [0.3, 0.4) is 0 Å². The highest BCUT2D eigenvalue weighted by Gasteiger charge is 2.05. The van der Waals surface area contributed by atoms with Crippen LogP contribution in [0.4, 0.5) is 0 Å². The standard InChI is InChI=1S/C8H8ClN3/c1-4-5(2)11-7-6(4)3-10-8(9)12-7/h3H,1-2H3,(H,10,11,12). The lowest BCUT2D eigenvalue weighted by atomic mass is 10.2. The monoisotopic (exact) mass is 181 g/mol. The van der Waals surface area contributed by atoms with Crippen LogP contribution in [-0.2, 0) is 0 Å². The number of halogens is 1. The van der Waals surface area contributed by atoms with Gasteiger partial charge >= 0.3 is 0 Å². The van der Waals surface area contributed by atoms with Gasteiger partial charge in [0.25, 0.3) is 0 Å². The van der Waals surface area contributed by atoms with Gasteiger partial charge in [-0.1, -0.05) is 0 Å². The molecule has 0 aliphatic rings. The van der Waals surface area contributed by atoms with Crippen molar-refractivity contribution in [3.8, 4) is 0 Å². The Morgan fingerprint density at radius 3 is 2.92 bits per heavy atom. The number of fused-ring (bicyclic) bond motifs is 1. The first-order valence-corrected chi connectivity index (χ1v) is 4.03. The van der Waals surface area contributed by atoms with Gasteiger partial charge < -0.3 is 4.98 Å². The fourth-order valence-corrected chi connectivity index (χ4v) is 1.34. The van der Waals surface area contributed by atoms with Gasteiger partial charge in [-0.05, 0) is 31.0 Å². The van der Waals surface area contributed by atoms with Crippen LogP contribution >= 0.6 is 11.6 Å². The molecule has 1 N–H and O–H groups in total. The molecule has 12 heavy (non-hydrogen) atoms. The molecule has 0 aromatic carbocycles. The smallest absolute Gasteiger partial charge is 0.224 e. The van der Waals surface area contributed by atoms with Crippen LogP contribution in [0.1, 0.15) is 11.3 Å². The Hall–Kier alpha value is -1.09. The second-order valence-corrected chi connectivity index (χ2v) is 3.11. The molecule has 0 atom stereocenters. The third-order valence-electron chi connectivity index (χ3n) is 2.03. The van der Waals surface area contributed by atoms with Crippen molar-refractivity contribution in [2.24, 2.45) is 0 Å². The number of aromatic nitrogens is 3. The molecule has 0 saturated heterocycles. The predicted octanol–water partition coefficient (Wildman–Crippen LogP) is 2.23. The molecule has 0 bridgehead atoms. The average Bonchev–Trinajstić information content (AvgIpc) is 2.28. The van der Waals surface area contributed by atoms with E-state index in [1.807, 2.05) is 13.8 Å². The van der Waals surface area contributed by atoms with Gasteiger partial charge in [0.2, 0.25) is 5.28 Å². The maximum Gasteiger partial charge on any atom is 0.224 e. The van der Waals surface area contributed by atoms with E-state index in [1.54, 1.807) is 6.20 Å². The first-order chi connectivity index (χ1) is 5.68. The zero-order valence-electron chi connectivity index (χ0n) is 6.85. The van der Waals surface area contributed by atoms with E-state index < -0.39 is 0 Å². The van der Waals surface area contributed by atoms with Gasteiger partial charge in [-0.2, -0.15) is 4.98 Å². The minimum atomic E-state index is 0.281. The maximum absolute atomic E-state index is 5.64. The van der Waals surface area contributed by atoms with E-state index in [0.717, 1.165) is 16.7 Å². The lowest BCUT2D eigenvalue weighted by molar-refractivity contribution is 1.18. The van der Waals surface area contributed by atoms with Crippen LogP contribution < -0.4 is 0 Å². The minimum absolute atomic E-state index is 0.281. The molecule has 2 aromatic rings. The number of aryl methyl sites for hydroxylation is 2. The highest BCUT2D eigenvalue weighted by atomic mass is 35.5. The van der Waals surface area contributed by atoms with Crippen molar-refractivity contribution < 1.29 is 0 Å². The molecular weight excluding hydrogens is 174 g/mol. The molecule has 0 saturated carbocycles. The summed E-state index contributed by atoms with van der Waals surface area (Å²) in [6.45, 7) is 4.04. The van der Waals surface area contributed by atoms with Gasteiger partial charge in [-0.25, -0.2) is 4.98 Å². The van der Waals surface area contributed by atoms with Gasteiger partial charge in [0.1, 0.15) is 5.65 Å². The summed E-state index contributed by atoms with van der Waals surface area (Å²) >= 11 is 5.64. The van der Waals surface area contributed by atoms with Crippen LogP contribution in [0.25, 0.3) is 11.0 Å². The van der Waals surface area contributed by atoms with Crippen molar-refractivity contribution in [3.63, 3.8) is 0 Å². The fraction of sp³-hybridized carbons (Fsp3) is 0.250. The van der Waals surface area contributed by atoms with Gasteiger partial charge in [0.05, 0.1) is 0 Å². The third kappa shape index (κ3) is 0.975. The summed E-state index contributed by atoms with van der Waals surface area (Å²) in [6, 6.07) is 0. The highest BCUT2D eigenvalue weighted by Crippen LogP contribution is 2.19. The summed E-state index contributed by atoms with van der Waals surface area (Å²) in [6.07, 6.45) is 1.74. The molecule has 0 unspecified atom stereocenters. The van der Waals surface area contributed by atoms with Gasteiger partial charge in [-0.3, -0.25) is 0 Å². The van der Waals surface area contributed by atoms with E-state index in [0.29, 0.717) is 0 Å². The molecule has 3 nitrogen and oxygen atoms in total. The molecule has 2 rings (SSSR count). The first kappa shape index (κ1) is 7.55. The molecule has 0 fully saturated rings. The normalized spacial score (nSPS) is 10.9. The summed E-state index contributed by atoms with van der Waals surface area (Å²) in [7, 11) is 0. The summed E-state index contributed by atoms with van der Waals surface area (Å²) in [5, 5.41) is 1.32. The van der Waals surface area contributed by atoms with Crippen LogP contribution in [0.5, 0.6) is 0 Å². The zero-order valence-corrected chi connectivity index (χ0v) is 7.61. The molecule has 0 aliphatic carbocycles. The Morgan fingerprint density at radius 1 is 1.42 bits per heavy atom. The molecule has 0 radical (unpaired) electrons. The molecule has 2 heterocycles. The summed E-state index contributed by atoms with van der Waals surface area (Å²) in [5.41, 5.74) is 3.10. The lowest BCUT2D eigenvalue weighted by Gasteiger charge is -1.89. The van der Waals surface area contributed by atoms with Crippen LogP contribution in [0, 0.1) is 13.8 Å². The van der Waals surface area contributed by atoms with Crippen molar-refractivity contribution in [2.75, 3.05) is 0 Å². The van der Waals surface area contributed by atoms with E-state index in [9.17, 15) is 0 Å². The Labute approximate surface area is 74.8 Å². The molecule has 2 aromatic heterocycles. The van der Waals surface area contributed by atoms with Crippen LogP contribution in [0.15, 0.2) is 6.20 Å². The number of rotatable bonds is 0. The Kier molecular flexibility index (Phi) is 1.54. The van der Waals surface area contributed by atoms with Gasteiger partial charge in [0, 0.05) is 17.3 Å². The predicted molar refractivity (Wildman–Crippen MR) is 48.4 cm³/mol. The van der Waals surface area contributed by atoms with Crippen LogP contribution in [0.2, 0.25) is 5.28 Å². The van der Waals surface area contributed by atoms with Crippen molar-refractivity contribution >= 4 is 22.6 Å². The molecular formula is C8H8ClN3. The second kappa shape index (κ2) is 2.45. The van der Waals surface area contributed by atoms with E-state index in [2.05, 4.69) is 15.0 Å². The van der Waals surface area contributed by atoms with Crippen molar-refractivity contribution in [1.29, 1.82) is 0 Å². The molecule has 62 valence electrons. The number of nitrogens with one attached hydrogen (secondary N) is 1. The number of H-pyrrole nitrogens is 1. The number of hydrogen-bond donors (Lipinski definition) is 1. The molecule has 0 spiro atoms. The topological polar surface area (TPSA) is 41.6 Å². The maximum atomic E-state index is 5.64. The van der Waals surface area contributed by atoms with E-state index in [-0.39, 0.29) is 5.28 Å². The van der Waals surface area contributed by atoms with Gasteiger partial charge in [-0.15, -0.1) is 0 Å². The number of aromatic amines is 1. The SMILES string of the molecule is Cc1[nH]c2nc(Cl)ncc2c1C. The summed E-state index contributed by atoms with van der Waals surface area (Å²) < 4.78 is 0. The average molecular weight is 182 g/mol. The Bertz CT molecular complexity index is 433.